The van der Waals surface area contributed by atoms with Gasteiger partial charge in [-0.1, -0.05) is 32.9 Å². The van der Waals surface area contributed by atoms with Crippen LogP contribution in [0.5, 0.6) is 0 Å². The Labute approximate surface area is 149 Å². The van der Waals surface area contributed by atoms with Gasteiger partial charge in [-0.05, 0) is 24.6 Å². The normalized spacial score (nSPS) is 17.2. The van der Waals surface area contributed by atoms with Crippen LogP contribution in [0, 0.1) is 11.2 Å². The molecule has 0 aromatic heterocycles. The van der Waals surface area contributed by atoms with Crippen LogP contribution in [-0.4, -0.2) is 53.8 Å². The van der Waals surface area contributed by atoms with Crippen LogP contribution in [0.3, 0.4) is 0 Å². The summed E-state index contributed by atoms with van der Waals surface area (Å²) in [4.78, 5) is 28.6. The van der Waals surface area contributed by atoms with E-state index in [1.165, 1.54) is 12.1 Å². The first-order chi connectivity index (χ1) is 11.7. The summed E-state index contributed by atoms with van der Waals surface area (Å²) >= 11 is 0. The zero-order valence-corrected chi connectivity index (χ0v) is 15.5. The van der Waals surface area contributed by atoms with Crippen molar-refractivity contribution in [2.75, 3.05) is 26.2 Å². The molecule has 1 unspecified atom stereocenters. The molecular formula is C19H28FN3O2. The van der Waals surface area contributed by atoms with Crippen molar-refractivity contribution in [2.24, 2.45) is 5.41 Å². The summed E-state index contributed by atoms with van der Waals surface area (Å²) in [5, 5.41) is 2.89. The van der Waals surface area contributed by atoms with Gasteiger partial charge < -0.3 is 10.2 Å². The van der Waals surface area contributed by atoms with E-state index in [1.54, 1.807) is 12.1 Å². The minimum Gasteiger partial charge on any atom is -0.351 e. The maximum Gasteiger partial charge on any atom is 0.237 e. The molecule has 0 radical (unpaired) electrons. The summed E-state index contributed by atoms with van der Waals surface area (Å²) in [6, 6.07) is 5.84. The summed E-state index contributed by atoms with van der Waals surface area (Å²) < 4.78 is 12.9. The standard InChI is InChI=1S/C19H28FN3O2/c1-14(17(24)21-13-15-5-7-16(20)8-6-15)22-9-11-23(12-10-22)18(25)19(2,3)4/h5-8,14H,9-13H2,1-4H3,(H,21,24). The van der Waals surface area contributed by atoms with Crippen LogP contribution < -0.4 is 5.32 Å². The second-order valence-electron chi connectivity index (χ2n) is 7.60. The minimum atomic E-state index is -0.375. The summed E-state index contributed by atoms with van der Waals surface area (Å²) in [6.07, 6.45) is 0. The SMILES string of the molecule is CC(C(=O)NCc1ccc(F)cc1)N1CCN(C(=O)C(C)(C)C)CC1. The lowest BCUT2D eigenvalue weighted by atomic mass is 9.94. The Hall–Kier alpha value is -1.95. The zero-order chi connectivity index (χ0) is 18.6. The Kier molecular flexibility index (Phi) is 6.16. The lowest BCUT2D eigenvalue weighted by molar-refractivity contribution is -0.142. The molecule has 1 aliphatic rings. The molecule has 0 bridgehead atoms. The molecule has 0 aliphatic carbocycles. The smallest absolute Gasteiger partial charge is 0.237 e. The van der Waals surface area contributed by atoms with E-state index >= 15 is 0 Å². The monoisotopic (exact) mass is 349 g/mol. The number of hydrogen-bond acceptors (Lipinski definition) is 3. The van der Waals surface area contributed by atoms with Gasteiger partial charge in [0.2, 0.25) is 11.8 Å². The Morgan fingerprint density at radius 3 is 2.20 bits per heavy atom. The Morgan fingerprint density at radius 1 is 1.12 bits per heavy atom. The predicted octanol–water partition coefficient (Wildman–Crippen LogP) is 2.02. The third-order valence-corrected chi connectivity index (χ3v) is 4.55. The van der Waals surface area contributed by atoms with Gasteiger partial charge in [0.05, 0.1) is 6.04 Å². The summed E-state index contributed by atoms with van der Waals surface area (Å²) in [7, 11) is 0. The molecule has 25 heavy (non-hydrogen) atoms. The average molecular weight is 349 g/mol. The van der Waals surface area contributed by atoms with Gasteiger partial charge in [0.25, 0.3) is 0 Å². The third-order valence-electron chi connectivity index (χ3n) is 4.55. The molecule has 1 saturated heterocycles. The van der Waals surface area contributed by atoms with Crippen molar-refractivity contribution in [1.29, 1.82) is 0 Å². The van der Waals surface area contributed by atoms with Crippen LogP contribution >= 0.6 is 0 Å². The molecular weight excluding hydrogens is 321 g/mol. The van der Waals surface area contributed by atoms with E-state index in [4.69, 9.17) is 0 Å². The highest BCUT2D eigenvalue weighted by Gasteiger charge is 2.32. The van der Waals surface area contributed by atoms with Crippen LogP contribution in [0.25, 0.3) is 0 Å². The number of nitrogens with one attached hydrogen (secondary N) is 1. The molecule has 1 aliphatic heterocycles. The first-order valence-corrected chi connectivity index (χ1v) is 8.74. The lowest BCUT2D eigenvalue weighted by Gasteiger charge is -2.39. The number of hydrogen-bond donors (Lipinski definition) is 1. The molecule has 2 rings (SSSR count). The molecule has 1 atom stereocenters. The number of carbonyl (C=O) groups is 2. The van der Waals surface area contributed by atoms with E-state index in [0.29, 0.717) is 32.7 Å². The molecule has 0 spiro atoms. The second kappa shape index (κ2) is 7.95. The zero-order valence-electron chi connectivity index (χ0n) is 15.5. The van der Waals surface area contributed by atoms with E-state index in [0.717, 1.165) is 5.56 Å². The molecule has 6 heteroatoms. The van der Waals surface area contributed by atoms with Gasteiger partial charge in [-0.3, -0.25) is 14.5 Å². The van der Waals surface area contributed by atoms with Crippen molar-refractivity contribution in [2.45, 2.75) is 40.3 Å². The molecule has 0 saturated carbocycles. The van der Waals surface area contributed by atoms with E-state index in [9.17, 15) is 14.0 Å². The fourth-order valence-electron chi connectivity index (χ4n) is 2.89. The molecule has 1 aromatic rings. The molecule has 1 fully saturated rings. The molecule has 1 aromatic carbocycles. The summed E-state index contributed by atoms with van der Waals surface area (Å²) in [5.74, 6) is -0.188. The third kappa shape index (κ3) is 5.26. The van der Waals surface area contributed by atoms with Crippen LogP contribution in [0.4, 0.5) is 4.39 Å². The van der Waals surface area contributed by atoms with Crippen LogP contribution in [-0.2, 0) is 16.1 Å². The maximum atomic E-state index is 12.9. The molecule has 5 nitrogen and oxygen atoms in total. The van der Waals surface area contributed by atoms with Crippen molar-refractivity contribution >= 4 is 11.8 Å². The molecule has 1 heterocycles. The molecule has 138 valence electrons. The van der Waals surface area contributed by atoms with Gasteiger partial charge in [-0.15, -0.1) is 0 Å². The topological polar surface area (TPSA) is 52.7 Å². The Balaban J connectivity index is 1.81. The number of benzene rings is 1. The number of halogens is 1. The lowest BCUT2D eigenvalue weighted by Crippen LogP contribution is -2.56. The Morgan fingerprint density at radius 2 is 1.68 bits per heavy atom. The summed E-state index contributed by atoms with van der Waals surface area (Å²) in [6.45, 7) is 10.7. The molecule has 1 N–H and O–H groups in total. The van der Waals surface area contributed by atoms with Crippen LogP contribution in [0.1, 0.15) is 33.3 Å². The number of amides is 2. The number of rotatable bonds is 4. The first kappa shape index (κ1) is 19.4. The second-order valence-corrected chi connectivity index (χ2v) is 7.60. The largest absolute Gasteiger partial charge is 0.351 e. The van der Waals surface area contributed by atoms with Crippen LogP contribution in [0.2, 0.25) is 0 Å². The van der Waals surface area contributed by atoms with Gasteiger partial charge in [0, 0.05) is 38.1 Å². The fraction of sp³-hybridized carbons (Fsp3) is 0.579. The van der Waals surface area contributed by atoms with E-state index < -0.39 is 0 Å². The number of carbonyl (C=O) groups excluding carboxylic acids is 2. The summed E-state index contributed by atoms with van der Waals surface area (Å²) in [5.41, 5.74) is 0.489. The van der Waals surface area contributed by atoms with Gasteiger partial charge in [0.1, 0.15) is 5.82 Å². The van der Waals surface area contributed by atoms with E-state index in [1.807, 2.05) is 32.6 Å². The van der Waals surface area contributed by atoms with Crippen molar-refractivity contribution in [3.05, 3.63) is 35.6 Å². The van der Waals surface area contributed by atoms with Gasteiger partial charge in [-0.2, -0.15) is 0 Å². The van der Waals surface area contributed by atoms with Gasteiger partial charge >= 0.3 is 0 Å². The fourth-order valence-corrected chi connectivity index (χ4v) is 2.89. The Bertz CT molecular complexity index is 602. The van der Waals surface area contributed by atoms with Gasteiger partial charge in [0.15, 0.2) is 0 Å². The highest BCUT2D eigenvalue weighted by atomic mass is 19.1. The van der Waals surface area contributed by atoms with Crippen molar-refractivity contribution in [3.8, 4) is 0 Å². The predicted molar refractivity (Wildman–Crippen MR) is 95.3 cm³/mol. The van der Waals surface area contributed by atoms with E-state index in [2.05, 4.69) is 10.2 Å². The minimum absolute atomic E-state index is 0.0556. The first-order valence-electron chi connectivity index (χ1n) is 8.74. The number of piperazine rings is 1. The van der Waals surface area contributed by atoms with E-state index in [-0.39, 0.29) is 29.1 Å². The molecule has 2 amide bonds. The quantitative estimate of drug-likeness (QED) is 0.905. The van der Waals surface area contributed by atoms with Crippen LogP contribution in [0.15, 0.2) is 24.3 Å². The highest BCUT2D eigenvalue weighted by Crippen LogP contribution is 2.19. The van der Waals surface area contributed by atoms with Crippen molar-refractivity contribution in [1.82, 2.24) is 15.1 Å². The number of nitrogens with zero attached hydrogens (tertiary/aromatic N) is 2. The van der Waals surface area contributed by atoms with Gasteiger partial charge in [-0.25, -0.2) is 4.39 Å². The average Bonchev–Trinajstić information content (AvgIpc) is 2.59. The van der Waals surface area contributed by atoms with Crippen molar-refractivity contribution in [3.63, 3.8) is 0 Å². The van der Waals surface area contributed by atoms with Crippen molar-refractivity contribution < 1.29 is 14.0 Å². The maximum absolute atomic E-state index is 12.9. The highest BCUT2D eigenvalue weighted by molar-refractivity contribution is 5.82.